The van der Waals surface area contributed by atoms with Gasteiger partial charge in [-0.1, -0.05) is 0 Å². The molecule has 0 atom stereocenters. The molecule has 0 bridgehead atoms. The predicted octanol–water partition coefficient (Wildman–Crippen LogP) is 2.11. The van der Waals surface area contributed by atoms with Crippen molar-refractivity contribution in [1.82, 2.24) is 4.98 Å². The zero-order chi connectivity index (χ0) is 8.97. The van der Waals surface area contributed by atoms with Gasteiger partial charge in [0.25, 0.3) is 0 Å². The maximum absolute atomic E-state index is 8.54. The fourth-order valence-corrected chi connectivity index (χ4v) is 1.06. The van der Waals surface area contributed by atoms with E-state index in [1.165, 1.54) is 0 Å². The van der Waals surface area contributed by atoms with Crippen molar-refractivity contribution in [3.63, 3.8) is 0 Å². The number of halogens is 1. The van der Waals surface area contributed by atoms with Gasteiger partial charge < -0.3 is 4.74 Å². The number of aromatic nitrogens is 1. The molecular weight excluding hydrogens is 220 g/mol. The highest BCUT2D eigenvalue weighted by atomic mass is 79.9. The van der Waals surface area contributed by atoms with Gasteiger partial charge in [0, 0.05) is 0 Å². The highest BCUT2D eigenvalue weighted by Gasteiger charge is 2.02. The van der Waals surface area contributed by atoms with Crippen LogP contribution in [0.15, 0.2) is 16.6 Å². The van der Waals surface area contributed by atoms with Crippen LogP contribution >= 0.6 is 15.9 Å². The molecule has 1 heterocycles. The first-order valence-electron chi connectivity index (χ1n) is 3.47. The Morgan fingerprint density at radius 1 is 1.67 bits per heavy atom. The smallest absolute Gasteiger partial charge is 0.229 e. The summed E-state index contributed by atoms with van der Waals surface area (Å²) in [6.07, 6.45) is 0. The maximum Gasteiger partial charge on any atom is 0.229 e. The van der Waals surface area contributed by atoms with E-state index in [0.29, 0.717) is 18.2 Å². The summed E-state index contributed by atoms with van der Waals surface area (Å²) in [4.78, 5) is 3.95. The van der Waals surface area contributed by atoms with Crippen LogP contribution < -0.4 is 4.74 Å². The quantitative estimate of drug-likeness (QED) is 0.777. The first-order valence-corrected chi connectivity index (χ1v) is 4.26. The number of nitrogens with zero attached hydrogens (tertiary/aromatic N) is 2. The molecule has 0 N–H and O–H groups in total. The van der Waals surface area contributed by atoms with Gasteiger partial charge in [-0.3, -0.25) is 0 Å². The zero-order valence-corrected chi connectivity index (χ0v) is 8.13. The molecule has 0 unspecified atom stereocenters. The van der Waals surface area contributed by atoms with Gasteiger partial charge >= 0.3 is 0 Å². The lowest BCUT2D eigenvalue weighted by atomic mass is 10.4. The Morgan fingerprint density at radius 3 is 3.00 bits per heavy atom. The number of hydrogen-bond donors (Lipinski definition) is 0. The Bertz CT molecular complexity index is 319. The summed E-state index contributed by atoms with van der Waals surface area (Å²) in [7, 11) is 0. The molecule has 0 aliphatic rings. The molecule has 0 aliphatic carbocycles. The first-order chi connectivity index (χ1) is 5.77. The molecule has 62 valence electrons. The van der Waals surface area contributed by atoms with E-state index in [2.05, 4.69) is 20.9 Å². The summed E-state index contributed by atoms with van der Waals surface area (Å²) >= 11 is 3.26. The van der Waals surface area contributed by atoms with Crippen LogP contribution in [0, 0.1) is 11.3 Å². The van der Waals surface area contributed by atoms with Gasteiger partial charge in [-0.25, -0.2) is 4.98 Å². The van der Waals surface area contributed by atoms with Crippen molar-refractivity contribution < 1.29 is 4.74 Å². The van der Waals surface area contributed by atoms with E-state index >= 15 is 0 Å². The molecule has 3 nitrogen and oxygen atoms in total. The molecule has 0 aromatic carbocycles. The molecule has 0 saturated carbocycles. The highest BCUT2D eigenvalue weighted by Crippen LogP contribution is 2.21. The molecule has 1 rings (SSSR count). The number of hydrogen-bond acceptors (Lipinski definition) is 3. The molecule has 12 heavy (non-hydrogen) atoms. The van der Waals surface area contributed by atoms with Crippen LogP contribution in [-0.4, -0.2) is 11.6 Å². The highest BCUT2D eigenvalue weighted by molar-refractivity contribution is 9.10. The topological polar surface area (TPSA) is 45.9 Å². The van der Waals surface area contributed by atoms with Crippen molar-refractivity contribution in [3.05, 3.63) is 22.3 Å². The van der Waals surface area contributed by atoms with E-state index in [0.717, 1.165) is 4.47 Å². The largest absolute Gasteiger partial charge is 0.477 e. The normalized spacial score (nSPS) is 9.08. The maximum atomic E-state index is 8.54. The Balaban J connectivity index is 3.01. The number of nitriles is 1. The van der Waals surface area contributed by atoms with Gasteiger partial charge in [-0.15, -0.1) is 0 Å². The molecule has 0 amide bonds. The summed E-state index contributed by atoms with van der Waals surface area (Å²) in [5.41, 5.74) is 0.363. The molecule has 1 aromatic rings. The number of rotatable bonds is 2. The Hall–Kier alpha value is -1.08. The van der Waals surface area contributed by atoms with Crippen molar-refractivity contribution in [1.29, 1.82) is 5.26 Å². The lowest BCUT2D eigenvalue weighted by molar-refractivity contribution is 0.324. The Morgan fingerprint density at radius 2 is 2.42 bits per heavy atom. The molecular formula is C8H7BrN2O. The second-order valence-electron chi connectivity index (χ2n) is 2.03. The van der Waals surface area contributed by atoms with Crippen molar-refractivity contribution >= 4 is 15.9 Å². The first kappa shape index (κ1) is 9.01. The SMILES string of the molecule is CCOc1nc(C#N)ccc1Br. The minimum atomic E-state index is 0.363. The van der Waals surface area contributed by atoms with E-state index < -0.39 is 0 Å². The monoisotopic (exact) mass is 226 g/mol. The van der Waals surface area contributed by atoms with E-state index in [4.69, 9.17) is 10.00 Å². The molecule has 0 spiro atoms. The van der Waals surface area contributed by atoms with Crippen LogP contribution in [0.25, 0.3) is 0 Å². The minimum absolute atomic E-state index is 0.363. The van der Waals surface area contributed by atoms with Crippen LogP contribution in [0.1, 0.15) is 12.6 Å². The molecule has 4 heteroatoms. The predicted molar refractivity (Wildman–Crippen MR) is 47.8 cm³/mol. The Kier molecular flexibility index (Phi) is 3.06. The third-order valence-corrected chi connectivity index (χ3v) is 1.81. The van der Waals surface area contributed by atoms with Crippen LogP contribution in [-0.2, 0) is 0 Å². The van der Waals surface area contributed by atoms with Crippen LogP contribution in [0.3, 0.4) is 0 Å². The van der Waals surface area contributed by atoms with E-state index in [9.17, 15) is 0 Å². The second kappa shape index (κ2) is 4.07. The van der Waals surface area contributed by atoms with Crippen molar-refractivity contribution in [2.24, 2.45) is 0 Å². The second-order valence-corrected chi connectivity index (χ2v) is 2.88. The van der Waals surface area contributed by atoms with Crippen molar-refractivity contribution in [2.75, 3.05) is 6.61 Å². The molecule has 0 saturated heterocycles. The summed E-state index contributed by atoms with van der Waals surface area (Å²) in [5.74, 6) is 0.469. The summed E-state index contributed by atoms with van der Waals surface area (Å²) in [5, 5.41) is 8.54. The minimum Gasteiger partial charge on any atom is -0.477 e. The fraction of sp³-hybridized carbons (Fsp3) is 0.250. The van der Waals surface area contributed by atoms with Crippen LogP contribution in [0.4, 0.5) is 0 Å². The van der Waals surface area contributed by atoms with E-state index in [-0.39, 0.29) is 0 Å². The number of ether oxygens (including phenoxy) is 1. The fourth-order valence-electron chi connectivity index (χ4n) is 0.724. The summed E-state index contributed by atoms with van der Waals surface area (Å²) in [6.45, 7) is 2.41. The van der Waals surface area contributed by atoms with Gasteiger partial charge in [-0.2, -0.15) is 5.26 Å². The summed E-state index contributed by atoms with van der Waals surface area (Å²) in [6, 6.07) is 5.32. The standard InChI is InChI=1S/C8H7BrN2O/c1-2-12-8-7(9)4-3-6(5-10)11-8/h3-4H,2H2,1H3. The third kappa shape index (κ3) is 1.95. The average Bonchev–Trinajstić information content (AvgIpc) is 2.09. The molecule has 0 fully saturated rings. The van der Waals surface area contributed by atoms with Crippen LogP contribution in [0.5, 0.6) is 5.88 Å². The third-order valence-electron chi connectivity index (χ3n) is 1.21. The average molecular weight is 227 g/mol. The molecule has 1 aromatic heterocycles. The number of pyridine rings is 1. The lowest BCUT2D eigenvalue weighted by Crippen LogP contribution is -1.96. The van der Waals surface area contributed by atoms with Crippen molar-refractivity contribution in [3.8, 4) is 11.9 Å². The Labute approximate surface area is 79.1 Å². The summed E-state index contributed by atoms with van der Waals surface area (Å²) < 4.78 is 5.94. The van der Waals surface area contributed by atoms with Gasteiger partial charge in [0.15, 0.2) is 0 Å². The van der Waals surface area contributed by atoms with Gasteiger partial charge in [0.05, 0.1) is 11.1 Å². The van der Waals surface area contributed by atoms with E-state index in [1.807, 2.05) is 13.0 Å². The van der Waals surface area contributed by atoms with Gasteiger partial charge in [-0.05, 0) is 35.0 Å². The van der Waals surface area contributed by atoms with Gasteiger partial charge in [0.2, 0.25) is 5.88 Å². The molecule has 0 aliphatic heterocycles. The molecule has 0 radical (unpaired) electrons. The zero-order valence-electron chi connectivity index (χ0n) is 6.54. The van der Waals surface area contributed by atoms with Crippen LogP contribution in [0.2, 0.25) is 0 Å². The van der Waals surface area contributed by atoms with Gasteiger partial charge in [0.1, 0.15) is 11.8 Å². The van der Waals surface area contributed by atoms with E-state index in [1.54, 1.807) is 12.1 Å². The lowest BCUT2D eigenvalue weighted by Gasteiger charge is -2.03. The van der Waals surface area contributed by atoms with Crippen molar-refractivity contribution in [2.45, 2.75) is 6.92 Å².